The molecule has 1 aliphatic rings. The molecule has 0 saturated heterocycles. The van der Waals surface area contributed by atoms with Gasteiger partial charge in [-0.1, -0.05) is 66.2 Å². The molecule has 1 unspecified atom stereocenters. The number of hydrogen-bond donors (Lipinski definition) is 1. The minimum Gasteiger partial charge on any atom is -0.340 e. The number of nitrogens with one attached hydrogen (secondary N) is 1. The number of fused-ring (bicyclic) bond motifs is 1. The van der Waals surface area contributed by atoms with Crippen molar-refractivity contribution in [2.75, 3.05) is 4.90 Å². The van der Waals surface area contributed by atoms with Crippen LogP contribution in [0.5, 0.6) is 0 Å². The van der Waals surface area contributed by atoms with Crippen molar-refractivity contribution in [3.63, 3.8) is 0 Å². The van der Waals surface area contributed by atoms with Gasteiger partial charge in [-0.05, 0) is 35.4 Å². The molecule has 4 rings (SSSR count). The summed E-state index contributed by atoms with van der Waals surface area (Å²) in [4.78, 5) is 27.9. The third-order valence-corrected chi connectivity index (χ3v) is 5.10. The molecule has 0 radical (unpaired) electrons. The van der Waals surface area contributed by atoms with Gasteiger partial charge in [0.2, 0.25) is 5.91 Å². The Balaban J connectivity index is 1.71. The number of halogens is 1. The number of rotatable bonds is 4. The average molecular weight is 391 g/mol. The second-order valence-electron chi connectivity index (χ2n) is 6.78. The minimum atomic E-state index is -0.630. The Labute approximate surface area is 168 Å². The van der Waals surface area contributed by atoms with Crippen LogP contribution in [-0.2, 0) is 17.8 Å². The summed E-state index contributed by atoms with van der Waals surface area (Å²) >= 11 is 5.99. The third-order valence-electron chi connectivity index (χ3n) is 4.85. The molecule has 0 spiro atoms. The molecule has 0 bridgehead atoms. The maximum absolute atomic E-state index is 13.4. The van der Waals surface area contributed by atoms with Gasteiger partial charge < -0.3 is 10.2 Å². The topological polar surface area (TPSA) is 49.4 Å². The van der Waals surface area contributed by atoms with Gasteiger partial charge in [-0.3, -0.25) is 9.59 Å². The van der Waals surface area contributed by atoms with Crippen molar-refractivity contribution in [3.05, 3.63) is 101 Å². The number of amides is 2. The second kappa shape index (κ2) is 7.87. The van der Waals surface area contributed by atoms with Crippen molar-refractivity contribution >= 4 is 29.1 Å². The molecule has 1 aliphatic heterocycles. The van der Waals surface area contributed by atoms with Crippen molar-refractivity contribution in [1.29, 1.82) is 0 Å². The molecule has 2 amide bonds. The fourth-order valence-corrected chi connectivity index (χ4v) is 3.56. The summed E-state index contributed by atoms with van der Waals surface area (Å²) < 4.78 is 0. The predicted octanol–water partition coefficient (Wildman–Crippen LogP) is 4.23. The standard InChI is InChI=1S/C23H19ClN2O2/c24-18-12-10-17(11-13-18)15-26-21-9-5-4-8-19(21)22(27)25-20(23(26)28)14-16-6-2-1-3-7-16/h1-13,20H,14-15H2,(H,25,27). The van der Waals surface area contributed by atoms with Crippen LogP contribution in [0.25, 0.3) is 0 Å². The first kappa shape index (κ1) is 18.3. The van der Waals surface area contributed by atoms with Crippen LogP contribution in [0.4, 0.5) is 5.69 Å². The first-order valence-corrected chi connectivity index (χ1v) is 9.49. The van der Waals surface area contributed by atoms with Crippen LogP contribution < -0.4 is 10.2 Å². The molecule has 5 heteroatoms. The van der Waals surface area contributed by atoms with Gasteiger partial charge in [0.1, 0.15) is 6.04 Å². The lowest BCUT2D eigenvalue weighted by atomic mass is 10.0. The highest BCUT2D eigenvalue weighted by Gasteiger charge is 2.33. The Hall–Kier alpha value is -3.11. The number of carbonyl (C=O) groups excluding carboxylic acids is 2. The summed E-state index contributed by atoms with van der Waals surface area (Å²) in [5.74, 6) is -0.361. The monoisotopic (exact) mass is 390 g/mol. The fourth-order valence-electron chi connectivity index (χ4n) is 3.43. The average Bonchev–Trinajstić information content (AvgIpc) is 2.81. The van der Waals surface area contributed by atoms with Crippen LogP contribution in [0, 0.1) is 0 Å². The summed E-state index contributed by atoms with van der Waals surface area (Å²) in [5, 5.41) is 3.55. The van der Waals surface area contributed by atoms with Crippen LogP contribution in [0.2, 0.25) is 5.02 Å². The molecule has 0 aromatic heterocycles. The number of nitrogens with zero attached hydrogens (tertiary/aromatic N) is 1. The van der Waals surface area contributed by atoms with Gasteiger partial charge in [0.25, 0.3) is 5.91 Å². The lowest BCUT2D eigenvalue weighted by Crippen LogP contribution is -2.46. The van der Waals surface area contributed by atoms with E-state index >= 15 is 0 Å². The van der Waals surface area contributed by atoms with Crippen LogP contribution >= 0.6 is 11.6 Å². The zero-order valence-electron chi connectivity index (χ0n) is 15.1. The molecule has 28 heavy (non-hydrogen) atoms. The van der Waals surface area contributed by atoms with Gasteiger partial charge in [-0.2, -0.15) is 0 Å². The number of hydrogen-bond acceptors (Lipinski definition) is 2. The number of carbonyl (C=O) groups is 2. The largest absolute Gasteiger partial charge is 0.340 e. The Kier molecular flexibility index (Phi) is 5.13. The summed E-state index contributed by atoms with van der Waals surface area (Å²) in [6.07, 6.45) is 0.441. The Morgan fingerprint density at radius 2 is 1.50 bits per heavy atom. The van der Waals surface area contributed by atoms with E-state index in [0.717, 1.165) is 11.1 Å². The summed E-state index contributed by atoms with van der Waals surface area (Å²) in [6, 6.07) is 23.7. The SMILES string of the molecule is O=C1NC(Cc2ccccc2)C(=O)N(Cc2ccc(Cl)cc2)c2ccccc21. The summed E-state index contributed by atoms with van der Waals surface area (Å²) in [7, 11) is 0. The van der Waals surface area contributed by atoms with E-state index < -0.39 is 6.04 Å². The highest BCUT2D eigenvalue weighted by atomic mass is 35.5. The van der Waals surface area contributed by atoms with Crippen molar-refractivity contribution in [1.82, 2.24) is 5.32 Å². The molecule has 1 N–H and O–H groups in total. The number of para-hydroxylation sites is 1. The van der Waals surface area contributed by atoms with Crippen molar-refractivity contribution in [3.8, 4) is 0 Å². The molecule has 1 atom stereocenters. The van der Waals surface area contributed by atoms with Crippen molar-refractivity contribution in [2.45, 2.75) is 19.0 Å². The van der Waals surface area contributed by atoms with E-state index in [4.69, 9.17) is 11.6 Å². The van der Waals surface area contributed by atoms with Crippen molar-refractivity contribution < 1.29 is 9.59 Å². The highest BCUT2D eigenvalue weighted by Crippen LogP contribution is 2.27. The molecule has 1 heterocycles. The van der Waals surface area contributed by atoms with Gasteiger partial charge in [0.05, 0.1) is 17.8 Å². The second-order valence-corrected chi connectivity index (χ2v) is 7.22. The normalized spacial score (nSPS) is 16.3. The van der Waals surface area contributed by atoms with E-state index in [1.54, 1.807) is 29.2 Å². The minimum absolute atomic E-state index is 0.128. The van der Waals surface area contributed by atoms with Gasteiger partial charge in [0.15, 0.2) is 0 Å². The summed E-state index contributed by atoms with van der Waals surface area (Å²) in [5.41, 5.74) is 3.06. The van der Waals surface area contributed by atoms with Gasteiger partial charge in [0, 0.05) is 11.4 Å². The highest BCUT2D eigenvalue weighted by molar-refractivity contribution is 6.30. The van der Waals surface area contributed by atoms with Crippen LogP contribution in [0.15, 0.2) is 78.9 Å². The maximum atomic E-state index is 13.4. The van der Waals surface area contributed by atoms with Gasteiger partial charge in [-0.25, -0.2) is 0 Å². The molecular formula is C23H19ClN2O2. The smallest absolute Gasteiger partial charge is 0.254 e. The molecule has 4 nitrogen and oxygen atoms in total. The number of anilines is 1. The molecular weight excluding hydrogens is 372 g/mol. The fraction of sp³-hybridized carbons (Fsp3) is 0.130. The van der Waals surface area contributed by atoms with E-state index in [1.165, 1.54) is 0 Å². The molecule has 0 aliphatic carbocycles. The molecule has 3 aromatic rings. The van der Waals surface area contributed by atoms with Gasteiger partial charge >= 0.3 is 0 Å². The molecule has 3 aromatic carbocycles. The van der Waals surface area contributed by atoms with E-state index in [-0.39, 0.29) is 11.8 Å². The van der Waals surface area contributed by atoms with Crippen LogP contribution in [0.3, 0.4) is 0 Å². The predicted molar refractivity (Wildman–Crippen MR) is 110 cm³/mol. The Morgan fingerprint density at radius 1 is 0.821 bits per heavy atom. The zero-order chi connectivity index (χ0) is 19.5. The Morgan fingerprint density at radius 3 is 2.25 bits per heavy atom. The first-order chi connectivity index (χ1) is 13.6. The lowest BCUT2D eigenvalue weighted by Gasteiger charge is -2.25. The third kappa shape index (κ3) is 3.78. The van der Waals surface area contributed by atoms with Crippen LogP contribution in [0.1, 0.15) is 21.5 Å². The molecule has 0 fully saturated rings. The van der Waals surface area contributed by atoms with Gasteiger partial charge in [-0.15, -0.1) is 0 Å². The number of benzene rings is 3. The maximum Gasteiger partial charge on any atom is 0.254 e. The molecule has 0 saturated carbocycles. The van der Waals surface area contributed by atoms with Crippen molar-refractivity contribution in [2.24, 2.45) is 0 Å². The zero-order valence-corrected chi connectivity index (χ0v) is 15.9. The van der Waals surface area contributed by atoms with E-state index in [9.17, 15) is 9.59 Å². The quantitative estimate of drug-likeness (QED) is 0.724. The van der Waals surface area contributed by atoms with Crippen LogP contribution in [-0.4, -0.2) is 17.9 Å². The lowest BCUT2D eigenvalue weighted by molar-refractivity contribution is -0.120. The first-order valence-electron chi connectivity index (χ1n) is 9.11. The van der Waals surface area contributed by atoms with E-state index in [0.29, 0.717) is 29.2 Å². The molecule has 140 valence electrons. The Bertz CT molecular complexity index is 1000. The van der Waals surface area contributed by atoms with E-state index in [1.807, 2.05) is 54.6 Å². The van der Waals surface area contributed by atoms with E-state index in [2.05, 4.69) is 5.32 Å². The summed E-state index contributed by atoms with van der Waals surface area (Å²) in [6.45, 7) is 0.368.